The lowest BCUT2D eigenvalue weighted by Crippen LogP contribution is -2.40. The summed E-state index contributed by atoms with van der Waals surface area (Å²) in [5.41, 5.74) is 5.95. The summed E-state index contributed by atoms with van der Waals surface area (Å²) in [5, 5.41) is 5.38. The predicted molar refractivity (Wildman–Crippen MR) is 76.6 cm³/mol. The summed E-state index contributed by atoms with van der Waals surface area (Å²) in [5.74, 6) is 0.333. The van der Waals surface area contributed by atoms with Gasteiger partial charge in [0, 0.05) is 26.1 Å². The van der Waals surface area contributed by atoms with Gasteiger partial charge in [0.05, 0.1) is 6.54 Å². The minimum atomic E-state index is -0.0889. The molecule has 0 aliphatic rings. The lowest BCUT2D eigenvalue weighted by atomic mass is 10.0. The Morgan fingerprint density at radius 1 is 1.21 bits per heavy atom. The molecule has 0 bridgehead atoms. The average Bonchev–Trinajstić information content (AvgIpc) is 2.31. The Morgan fingerprint density at radius 3 is 2.32 bits per heavy atom. The van der Waals surface area contributed by atoms with E-state index in [1.54, 1.807) is 0 Å². The molecule has 0 aromatic rings. The summed E-state index contributed by atoms with van der Waals surface area (Å²) in [6.07, 6.45) is 0.882. The van der Waals surface area contributed by atoms with Crippen LogP contribution in [0.15, 0.2) is 0 Å². The van der Waals surface area contributed by atoms with Crippen molar-refractivity contribution in [2.75, 3.05) is 33.2 Å². The van der Waals surface area contributed by atoms with Crippen molar-refractivity contribution in [2.45, 2.75) is 33.2 Å². The zero-order valence-electron chi connectivity index (χ0n) is 12.5. The van der Waals surface area contributed by atoms with Gasteiger partial charge in [-0.3, -0.25) is 14.5 Å². The number of carbonyl (C=O) groups excluding carboxylic acids is 2. The van der Waals surface area contributed by atoms with Crippen molar-refractivity contribution < 1.29 is 9.59 Å². The van der Waals surface area contributed by atoms with Gasteiger partial charge in [0.25, 0.3) is 0 Å². The lowest BCUT2D eigenvalue weighted by Gasteiger charge is -2.20. The largest absolute Gasteiger partial charge is 0.355 e. The van der Waals surface area contributed by atoms with E-state index in [1.165, 1.54) is 6.92 Å². The molecule has 4 N–H and O–H groups in total. The van der Waals surface area contributed by atoms with Crippen LogP contribution >= 0.6 is 0 Å². The highest BCUT2D eigenvalue weighted by Crippen LogP contribution is 2.03. The number of likely N-dealkylation sites (N-methyl/N-ethyl adjacent to an activating group) is 1. The van der Waals surface area contributed by atoms with Gasteiger partial charge in [0.2, 0.25) is 11.8 Å². The summed E-state index contributed by atoms with van der Waals surface area (Å²) >= 11 is 0. The van der Waals surface area contributed by atoms with E-state index in [0.29, 0.717) is 25.6 Å². The van der Waals surface area contributed by atoms with E-state index in [1.807, 2.05) is 11.9 Å². The topological polar surface area (TPSA) is 87.5 Å². The second-order valence-corrected chi connectivity index (χ2v) is 5.27. The number of rotatable bonds is 9. The lowest BCUT2D eigenvalue weighted by molar-refractivity contribution is -0.122. The molecule has 0 saturated heterocycles. The Kier molecular flexibility index (Phi) is 9.16. The van der Waals surface area contributed by atoms with Crippen LogP contribution in [0.5, 0.6) is 0 Å². The molecule has 6 nitrogen and oxygen atoms in total. The minimum absolute atomic E-state index is 0.0361. The van der Waals surface area contributed by atoms with Crippen molar-refractivity contribution in [3.05, 3.63) is 0 Å². The van der Waals surface area contributed by atoms with Crippen LogP contribution in [0.3, 0.4) is 0 Å². The highest BCUT2D eigenvalue weighted by Gasteiger charge is 2.10. The van der Waals surface area contributed by atoms with Gasteiger partial charge in [-0.15, -0.1) is 0 Å². The molecule has 0 aliphatic carbocycles. The molecule has 19 heavy (non-hydrogen) atoms. The Balaban J connectivity index is 3.66. The molecular weight excluding hydrogens is 244 g/mol. The van der Waals surface area contributed by atoms with Crippen LogP contribution in [0, 0.1) is 5.92 Å². The van der Waals surface area contributed by atoms with E-state index >= 15 is 0 Å². The van der Waals surface area contributed by atoms with Crippen molar-refractivity contribution in [1.82, 2.24) is 15.5 Å². The Hall–Kier alpha value is -1.14. The zero-order valence-corrected chi connectivity index (χ0v) is 12.5. The van der Waals surface area contributed by atoms with Gasteiger partial charge < -0.3 is 16.4 Å². The maximum atomic E-state index is 11.6. The molecule has 0 spiro atoms. The van der Waals surface area contributed by atoms with Crippen LogP contribution in [0.1, 0.15) is 27.2 Å². The third-order valence-corrected chi connectivity index (χ3v) is 2.94. The smallest absolute Gasteiger partial charge is 0.234 e. The van der Waals surface area contributed by atoms with E-state index < -0.39 is 0 Å². The zero-order chi connectivity index (χ0) is 14.8. The normalized spacial score (nSPS) is 12.6. The van der Waals surface area contributed by atoms with Crippen LogP contribution < -0.4 is 16.4 Å². The highest BCUT2D eigenvalue weighted by atomic mass is 16.2. The third-order valence-electron chi connectivity index (χ3n) is 2.94. The van der Waals surface area contributed by atoms with Crippen LogP contribution in [0.25, 0.3) is 0 Å². The summed E-state index contributed by atoms with van der Waals surface area (Å²) in [6.45, 7) is 7.72. The fourth-order valence-electron chi connectivity index (χ4n) is 1.52. The molecule has 0 aromatic carbocycles. The molecule has 0 fully saturated rings. The third kappa shape index (κ3) is 10.5. The second kappa shape index (κ2) is 9.75. The highest BCUT2D eigenvalue weighted by molar-refractivity contribution is 5.78. The quantitative estimate of drug-likeness (QED) is 0.496. The average molecular weight is 272 g/mol. The predicted octanol–water partition coefficient (Wildman–Crippen LogP) is -0.456. The SMILES string of the molecule is CC(=O)NCCNC(=O)CN(C)CCC(N)C(C)C. The van der Waals surface area contributed by atoms with Gasteiger partial charge in [-0.1, -0.05) is 13.8 Å². The van der Waals surface area contributed by atoms with E-state index in [-0.39, 0.29) is 17.9 Å². The van der Waals surface area contributed by atoms with Crippen LogP contribution in [0.4, 0.5) is 0 Å². The summed E-state index contributed by atoms with van der Waals surface area (Å²) in [4.78, 5) is 24.2. The molecule has 1 atom stereocenters. The number of carbonyl (C=O) groups is 2. The van der Waals surface area contributed by atoms with Crippen molar-refractivity contribution >= 4 is 11.8 Å². The molecule has 0 radical (unpaired) electrons. The molecule has 0 saturated carbocycles. The molecule has 2 amide bonds. The number of nitrogens with one attached hydrogen (secondary N) is 2. The number of amides is 2. The number of hydrogen-bond donors (Lipinski definition) is 3. The van der Waals surface area contributed by atoms with E-state index in [9.17, 15) is 9.59 Å². The first-order valence-corrected chi connectivity index (χ1v) is 6.78. The van der Waals surface area contributed by atoms with Crippen LogP contribution in [-0.2, 0) is 9.59 Å². The van der Waals surface area contributed by atoms with Crippen LogP contribution in [-0.4, -0.2) is 56.0 Å². The van der Waals surface area contributed by atoms with Gasteiger partial charge in [0.1, 0.15) is 0 Å². The molecule has 0 heterocycles. The Morgan fingerprint density at radius 2 is 1.79 bits per heavy atom. The van der Waals surface area contributed by atoms with E-state index in [2.05, 4.69) is 24.5 Å². The number of hydrogen-bond acceptors (Lipinski definition) is 4. The van der Waals surface area contributed by atoms with E-state index in [4.69, 9.17) is 5.73 Å². The second-order valence-electron chi connectivity index (χ2n) is 5.27. The fraction of sp³-hybridized carbons (Fsp3) is 0.846. The Bertz CT molecular complexity index is 282. The molecular formula is C13H28N4O2. The summed E-state index contributed by atoms with van der Waals surface area (Å²) in [6, 6.07) is 0.172. The van der Waals surface area contributed by atoms with Crippen molar-refractivity contribution in [3.8, 4) is 0 Å². The van der Waals surface area contributed by atoms with Gasteiger partial charge in [-0.2, -0.15) is 0 Å². The maximum absolute atomic E-state index is 11.6. The molecule has 0 aromatic heterocycles. The monoisotopic (exact) mass is 272 g/mol. The Labute approximate surface area is 116 Å². The molecule has 0 aliphatic heterocycles. The van der Waals surface area contributed by atoms with Gasteiger partial charge in [0.15, 0.2) is 0 Å². The first-order valence-electron chi connectivity index (χ1n) is 6.78. The van der Waals surface area contributed by atoms with Crippen molar-refractivity contribution in [2.24, 2.45) is 11.7 Å². The number of nitrogens with two attached hydrogens (primary N) is 1. The summed E-state index contributed by atoms with van der Waals surface area (Å²) in [7, 11) is 1.90. The van der Waals surface area contributed by atoms with E-state index in [0.717, 1.165) is 13.0 Å². The van der Waals surface area contributed by atoms with Gasteiger partial charge >= 0.3 is 0 Å². The number of nitrogens with zero attached hydrogens (tertiary/aromatic N) is 1. The van der Waals surface area contributed by atoms with Gasteiger partial charge in [-0.25, -0.2) is 0 Å². The summed E-state index contributed by atoms with van der Waals surface area (Å²) < 4.78 is 0. The van der Waals surface area contributed by atoms with Crippen LogP contribution in [0.2, 0.25) is 0 Å². The standard InChI is InChI=1S/C13H28N4O2/c1-10(2)12(14)5-8-17(4)9-13(19)16-7-6-15-11(3)18/h10,12H,5-9,14H2,1-4H3,(H,15,18)(H,16,19). The fourth-order valence-corrected chi connectivity index (χ4v) is 1.52. The van der Waals surface area contributed by atoms with Gasteiger partial charge in [-0.05, 0) is 25.9 Å². The van der Waals surface area contributed by atoms with Crippen molar-refractivity contribution in [3.63, 3.8) is 0 Å². The minimum Gasteiger partial charge on any atom is -0.355 e. The molecule has 6 heteroatoms. The molecule has 112 valence electrons. The first-order chi connectivity index (χ1) is 8.82. The first kappa shape index (κ1) is 17.9. The van der Waals surface area contributed by atoms with Crippen molar-refractivity contribution in [1.29, 1.82) is 0 Å². The maximum Gasteiger partial charge on any atom is 0.234 e. The molecule has 1 unspecified atom stereocenters. The molecule has 0 rings (SSSR count).